The van der Waals surface area contributed by atoms with E-state index in [1.165, 1.54) is 0 Å². The van der Waals surface area contributed by atoms with E-state index in [1.54, 1.807) is 0 Å². The van der Waals surface area contributed by atoms with Gasteiger partial charge in [-0.3, -0.25) is 0 Å². The van der Waals surface area contributed by atoms with E-state index in [0.29, 0.717) is 6.61 Å². The Labute approximate surface area is 112 Å². The van der Waals surface area contributed by atoms with Crippen molar-refractivity contribution in [1.82, 2.24) is 0 Å². The maximum absolute atomic E-state index is 6.41. The standard InChI is InChI=1S/C14H18ClNO2/c1-14(4-2-5-18-14)13(16)11-8-10(15)7-9-3-6-17-12(9)11/h7-8,13H,2-6,16H2,1H3. The summed E-state index contributed by atoms with van der Waals surface area (Å²) in [5.74, 6) is 0.920. The Hall–Kier alpha value is -0.770. The predicted molar refractivity (Wildman–Crippen MR) is 71.2 cm³/mol. The summed E-state index contributed by atoms with van der Waals surface area (Å²) in [6, 6.07) is 3.70. The van der Waals surface area contributed by atoms with Crippen LogP contribution in [0.5, 0.6) is 5.75 Å². The molecule has 2 aliphatic rings. The lowest BCUT2D eigenvalue weighted by molar-refractivity contribution is -0.00226. The third-order valence-corrected chi connectivity index (χ3v) is 4.24. The minimum absolute atomic E-state index is 0.189. The van der Waals surface area contributed by atoms with E-state index < -0.39 is 0 Å². The van der Waals surface area contributed by atoms with Crippen molar-refractivity contribution >= 4 is 11.6 Å². The first-order chi connectivity index (χ1) is 8.60. The van der Waals surface area contributed by atoms with Gasteiger partial charge in [0.2, 0.25) is 0 Å². The molecule has 2 N–H and O–H groups in total. The number of halogens is 1. The zero-order valence-corrected chi connectivity index (χ0v) is 11.3. The van der Waals surface area contributed by atoms with Crippen molar-refractivity contribution in [3.05, 3.63) is 28.3 Å². The first-order valence-corrected chi connectivity index (χ1v) is 6.83. The van der Waals surface area contributed by atoms with Gasteiger partial charge in [-0.1, -0.05) is 11.6 Å². The molecular formula is C14H18ClNO2. The molecule has 2 atom stereocenters. The van der Waals surface area contributed by atoms with Crippen LogP contribution in [0.25, 0.3) is 0 Å². The highest BCUT2D eigenvalue weighted by atomic mass is 35.5. The Balaban J connectivity index is 2.01. The molecule has 0 saturated carbocycles. The van der Waals surface area contributed by atoms with Gasteiger partial charge in [-0.25, -0.2) is 0 Å². The molecule has 3 nitrogen and oxygen atoms in total. The Morgan fingerprint density at radius 1 is 1.39 bits per heavy atom. The molecule has 2 aliphatic heterocycles. The summed E-state index contributed by atoms with van der Waals surface area (Å²) in [5.41, 5.74) is 8.26. The van der Waals surface area contributed by atoms with Crippen molar-refractivity contribution in [3.8, 4) is 5.75 Å². The molecule has 0 bridgehead atoms. The van der Waals surface area contributed by atoms with Crippen LogP contribution >= 0.6 is 11.6 Å². The lowest BCUT2D eigenvalue weighted by atomic mass is 9.87. The van der Waals surface area contributed by atoms with E-state index in [9.17, 15) is 0 Å². The Morgan fingerprint density at radius 3 is 2.94 bits per heavy atom. The smallest absolute Gasteiger partial charge is 0.127 e. The van der Waals surface area contributed by atoms with Gasteiger partial charge < -0.3 is 15.2 Å². The fourth-order valence-corrected chi connectivity index (χ4v) is 3.15. The Bertz CT molecular complexity index is 469. The van der Waals surface area contributed by atoms with Crippen LogP contribution in [0.4, 0.5) is 0 Å². The average Bonchev–Trinajstić information content (AvgIpc) is 2.96. The largest absolute Gasteiger partial charge is 0.493 e. The zero-order valence-electron chi connectivity index (χ0n) is 10.5. The summed E-state index contributed by atoms with van der Waals surface area (Å²) in [4.78, 5) is 0. The highest BCUT2D eigenvalue weighted by Gasteiger charge is 2.39. The van der Waals surface area contributed by atoms with Gasteiger partial charge in [-0.05, 0) is 37.5 Å². The number of benzene rings is 1. The van der Waals surface area contributed by atoms with E-state index in [2.05, 4.69) is 6.92 Å². The Kier molecular flexibility index (Phi) is 3.00. The molecule has 1 aromatic rings. The molecule has 98 valence electrons. The van der Waals surface area contributed by atoms with Crippen LogP contribution in [0.3, 0.4) is 0 Å². The molecule has 0 aliphatic carbocycles. The van der Waals surface area contributed by atoms with Crippen molar-refractivity contribution in [2.75, 3.05) is 13.2 Å². The number of nitrogens with two attached hydrogens (primary N) is 1. The summed E-state index contributed by atoms with van der Waals surface area (Å²) in [5, 5.41) is 0.728. The lowest BCUT2D eigenvalue weighted by Crippen LogP contribution is -2.37. The SMILES string of the molecule is CC1(C(N)c2cc(Cl)cc3c2OCC3)CCCO1. The van der Waals surface area contributed by atoms with Crippen molar-refractivity contribution in [1.29, 1.82) is 0 Å². The number of hydrogen-bond acceptors (Lipinski definition) is 3. The van der Waals surface area contributed by atoms with Crippen LogP contribution < -0.4 is 10.5 Å². The van der Waals surface area contributed by atoms with Gasteiger partial charge in [0.05, 0.1) is 18.2 Å². The molecule has 0 amide bonds. The third kappa shape index (κ3) is 1.91. The molecule has 1 saturated heterocycles. The van der Waals surface area contributed by atoms with E-state index in [1.807, 2.05) is 12.1 Å². The number of rotatable bonds is 2. The Morgan fingerprint density at radius 2 is 2.22 bits per heavy atom. The fraction of sp³-hybridized carbons (Fsp3) is 0.571. The van der Waals surface area contributed by atoms with E-state index >= 15 is 0 Å². The highest BCUT2D eigenvalue weighted by molar-refractivity contribution is 6.30. The molecule has 0 aromatic heterocycles. The molecule has 1 fully saturated rings. The second-order valence-corrected chi connectivity index (χ2v) is 5.76. The molecule has 18 heavy (non-hydrogen) atoms. The first-order valence-electron chi connectivity index (χ1n) is 6.45. The monoisotopic (exact) mass is 267 g/mol. The fourth-order valence-electron chi connectivity index (χ4n) is 2.90. The summed E-state index contributed by atoms with van der Waals surface area (Å²) in [6.07, 6.45) is 2.95. The van der Waals surface area contributed by atoms with Gasteiger partial charge in [-0.2, -0.15) is 0 Å². The number of fused-ring (bicyclic) bond motifs is 1. The van der Waals surface area contributed by atoms with Crippen LogP contribution in [-0.2, 0) is 11.2 Å². The molecule has 2 heterocycles. The summed E-state index contributed by atoms with van der Waals surface area (Å²) in [7, 11) is 0. The van der Waals surface area contributed by atoms with Gasteiger partial charge in [0.15, 0.2) is 0 Å². The van der Waals surface area contributed by atoms with Gasteiger partial charge in [0.25, 0.3) is 0 Å². The van der Waals surface area contributed by atoms with Crippen molar-refractivity contribution in [2.45, 2.75) is 37.8 Å². The molecule has 3 rings (SSSR count). The molecular weight excluding hydrogens is 250 g/mol. The molecule has 0 radical (unpaired) electrons. The second kappa shape index (κ2) is 4.41. The molecule has 2 unspecified atom stereocenters. The van der Waals surface area contributed by atoms with Crippen molar-refractivity contribution < 1.29 is 9.47 Å². The van der Waals surface area contributed by atoms with Gasteiger partial charge in [0.1, 0.15) is 5.75 Å². The van der Waals surface area contributed by atoms with Crippen molar-refractivity contribution in [3.63, 3.8) is 0 Å². The normalized spacial score (nSPS) is 27.9. The molecule has 1 aromatic carbocycles. The van der Waals surface area contributed by atoms with Crippen LogP contribution in [0.1, 0.15) is 36.9 Å². The maximum atomic E-state index is 6.41. The van der Waals surface area contributed by atoms with Crippen LogP contribution in [0.15, 0.2) is 12.1 Å². The van der Waals surface area contributed by atoms with Crippen LogP contribution in [0, 0.1) is 0 Å². The molecule has 0 spiro atoms. The van der Waals surface area contributed by atoms with E-state index in [4.69, 9.17) is 26.8 Å². The van der Waals surface area contributed by atoms with Crippen LogP contribution in [0.2, 0.25) is 5.02 Å². The number of hydrogen-bond donors (Lipinski definition) is 1. The van der Waals surface area contributed by atoms with Gasteiger partial charge in [0, 0.05) is 23.6 Å². The van der Waals surface area contributed by atoms with Gasteiger partial charge in [-0.15, -0.1) is 0 Å². The van der Waals surface area contributed by atoms with Crippen molar-refractivity contribution in [2.24, 2.45) is 5.73 Å². The van der Waals surface area contributed by atoms with Crippen LogP contribution in [-0.4, -0.2) is 18.8 Å². The first kappa shape index (κ1) is 12.3. The minimum Gasteiger partial charge on any atom is -0.493 e. The predicted octanol–water partition coefficient (Wildman–Crippen LogP) is 2.84. The summed E-state index contributed by atoms with van der Waals surface area (Å²) < 4.78 is 11.5. The zero-order chi connectivity index (χ0) is 12.8. The number of ether oxygens (including phenoxy) is 2. The maximum Gasteiger partial charge on any atom is 0.127 e. The molecule has 4 heteroatoms. The third-order valence-electron chi connectivity index (χ3n) is 4.02. The summed E-state index contributed by atoms with van der Waals surface area (Å²) >= 11 is 6.17. The van der Waals surface area contributed by atoms with Gasteiger partial charge >= 0.3 is 0 Å². The second-order valence-electron chi connectivity index (χ2n) is 5.32. The minimum atomic E-state index is -0.301. The average molecular weight is 268 g/mol. The van der Waals surface area contributed by atoms with E-state index in [0.717, 1.165) is 47.8 Å². The topological polar surface area (TPSA) is 44.5 Å². The summed E-state index contributed by atoms with van der Waals surface area (Å²) in [6.45, 7) is 3.58. The van der Waals surface area contributed by atoms with E-state index in [-0.39, 0.29) is 11.6 Å². The highest BCUT2D eigenvalue weighted by Crippen LogP contribution is 2.42. The lowest BCUT2D eigenvalue weighted by Gasteiger charge is -2.31. The quantitative estimate of drug-likeness (QED) is 0.896.